The van der Waals surface area contributed by atoms with E-state index in [4.69, 9.17) is 9.47 Å². The van der Waals surface area contributed by atoms with E-state index in [2.05, 4.69) is 10.6 Å². The Hall–Kier alpha value is -3.30. The molecule has 4 amide bonds. The van der Waals surface area contributed by atoms with Gasteiger partial charge >= 0.3 is 12.0 Å². The van der Waals surface area contributed by atoms with Crippen molar-refractivity contribution in [1.29, 1.82) is 0 Å². The molecule has 1 aromatic rings. The number of piperazine rings is 1. The molecule has 1 fully saturated rings. The summed E-state index contributed by atoms with van der Waals surface area (Å²) in [7, 11) is 2.80. The van der Waals surface area contributed by atoms with Crippen LogP contribution in [-0.2, 0) is 25.5 Å². The molecule has 0 radical (unpaired) electrons. The van der Waals surface area contributed by atoms with Crippen molar-refractivity contribution in [3.05, 3.63) is 29.8 Å². The highest BCUT2D eigenvalue weighted by Gasteiger charge is 2.38. The van der Waals surface area contributed by atoms with E-state index >= 15 is 0 Å². The summed E-state index contributed by atoms with van der Waals surface area (Å²) in [5, 5.41) is 5.49. The predicted molar refractivity (Wildman–Crippen MR) is 117 cm³/mol. The maximum absolute atomic E-state index is 13.2. The van der Waals surface area contributed by atoms with Crippen molar-refractivity contribution in [2.45, 2.75) is 45.3 Å². The molecule has 0 saturated carbocycles. The van der Waals surface area contributed by atoms with Crippen LogP contribution in [0.5, 0.6) is 5.75 Å². The van der Waals surface area contributed by atoms with Crippen LogP contribution < -0.4 is 15.4 Å². The lowest BCUT2D eigenvalue weighted by molar-refractivity contribution is -0.146. The summed E-state index contributed by atoms with van der Waals surface area (Å²) >= 11 is 0. The van der Waals surface area contributed by atoms with Gasteiger partial charge < -0.3 is 29.9 Å². The molecular formula is C22H32N4O6. The van der Waals surface area contributed by atoms with Gasteiger partial charge in [0.1, 0.15) is 17.8 Å². The van der Waals surface area contributed by atoms with Gasteiger partial charge in [0.15, 0.2) is 0 Å². The minimum atomic E-state index is -0.955. The van der Waals surface area contributed by atoms with E-state index < -0.39 is 30.0 Å². The molecule has 1 saturated heterocycles. The Morgan fingerprint density at radius 3 is 2.25 bits per heavy atom. The van der Waals surface area contributed by atoms with Crippen molar-refractivity contribution in [3.63, 3.8) is 0 Å². The first-order valence-electron chi connectivity index (χ1n) is 10.5. The minimum absolute atomic E-state index is 0.0448. The maximum atomic E-state index is 13.2. The van der Waals surface area contributed by atoms with Crippen LogP contribution >= 0.6 is 0 Å². The molecule has 2 rings (SSSR count). The quantitative estimate of drug-likeness (QED) is 0.588. The van der Waals surface area contributed by atoms with E-state index in [0.717, 1.165) is 5.56 Å². The Balaban J connectivity index is 2.20. The third-order valence-corrected chi connectivity index (χ3v) is 5.20. The molecular weight excluding hydrogens is 416 g/mol. The number of hydrogen-bond donors (Lipinski definition) is 2. The van der Waals surface area contributed by atoms with Crippen LogP contribution in [-0.4, -0.2) is 85.6 Å². The number of methoxy groups -OCH3 is 2. The smallest absolute Gasteiger partial charge is 0.328 e. The van der Waals surface area contributed by atoms with Gasteiger partial charge in [-0.25, -0.2) is 9.59 Å². The number of amides is 4. The number of benzene rings is 1. The van der Waals surface area contributed by atoms with Crippen molar-refractivity contribution in [2.75, 3.05) is 33.9 Å². The second-order valence-corrected chi connectivity index (χ2v) is 7.91. The Morgan fingerprint density at radius 1 is 1.06 bits per heavy atom. The van der Waals surface area contributed by atoms with E-state index in [9.17, 15) is 19.2 Å². The van der Waals surface area contributed by atoms with Crippen LogP contribution in [0.15, 0.2) is 24.3 Å². The van der Waals surface area contributed by atoms with Gasteiger partial charge in [0, 0.05) is 32.5 Å². The molecule has 1 aliphatic rings. The van der Waals surface area contributed by atoms with Crippen molar-refractivity contribution in [3.8, 4) is 5.75 Å². The van der Waals surface area contributed by atoms with Crippen molar-refractivity contribution in [1.82, 2.24) is 20.4 Å². The highest BCUT2D eigenvalue weighted by atomic mass is 16.5. The third kappa shape index (κ3) is 6.60. The first kappa shape index (κ1) is 25.0. The molecule has 10 heteroatoms. The Labute approximate surface area is 188 Å². The van der Waals surface area contributed by atoms with Crippen LogP contribution in [0.25, 0.3) is 0 Å². The van der Waals surface area contributed by atoms with E-state index in [1.165, 1.54) is 23.8 Å². The molecule has 2 N–H and O–H groups in total. The summed E-state index contributed by atoms with van der Waals surface area (Å²) in [5.74, 6) is -0.648. The SMILES string of the molecule is COC(=O)C(Cc1ccc(OC)cc1)NC(=O)C1CN(C(C)=O)CCN1C(=O)NC(C)C. The van der Waals surface area contributed by atoms with Crippen molar-refractivity contribution < 1.29 is 28.7 Å². The molecule has 1 aromatic carbocycles. The van der Waals surface area contributed by atoms with E-state index in [-0.39, 0.29) is 31.5 Å². The van der Waals surface area contributed by atoms with Crippen molar-refractivity contribution in [2.24, 2.45) is 0 Å². The molecule has 10 nitrogen and oxygen atoms in total. The molecule has 0 aromatic heterocycles. The van der Waals surface area contributed by atoms with E-state index in [1.54, 1.807) is 31.4 Å². The lowest BCUT2D eigenvalue weighted by atomic mass is 10.0. The largest absolute Gasteiger partial charge is 0.497 e. The Kier molecular flexibility index (Phi) is 8.86. The Morgan fingerprint density at radius 2 is 1.72 bits per heavy atom. The summed E-state index contributed by atoms with van der Waals surface area (Å²) in [5.41, 5.74) is 0.796. The zero-order valence-corrected chi connectivity index (χ0v) is 19.2. The van der Waals surface area contributed by atoms with Crippen LogP contribution in [0.2, 0.25) is 0 Å². The fourth-order valence-electron chi connectivity index (χ4n) is 3.47. The van der Waals surface area contributed by atoms with E-state index in [1.807, 2.05) is 13.8 Å². The highest BCUT2D eigenvalue weighted by Crippen LogP contribution is 2.15. The molecule has 32 heavy (non-hydrogen) atoms. The van der Waals surface area contributed by atoms with Gasteiger partial charge in [-0.1, -0.05) is 12.1 Å². The van der Waals surface area contributed by atoms with Gasteiger partial charge in [-0.15, -0.1) is 0 Å². The third-order valence-electron chi connectivity index (χ3n) is 5.20. The zero-order chi connectivity index (χ0) is 23.8. The Bertz CT molecular complexity index is 826. The van der Waals surface area contributed by atoms with Gasteiger partial charge in [0.05, 0.1) is 20.8 Å². The molecule has 1 heterocycles. The van der Waals surface area contributed by atoms with Gasteiger partial charge in [0.25, 0.3) is 0 Å². The van der Waals surface area contributed by atoms with Crippen LogP contribution in [0.3, 0.4) is 0 Å². The maximum Gasteiger partial charge on any atom is 0.328 e. The van der Waals surface area contributed by atoms with E-state index in [0.29, 0.717) is 12.3 Å². The van der Waals surface area contributed by atoms with Crippen molar-refractivity contribution >= 4 is 23.8 Å². The number of rotatable bonds is 7. The average molecular weight is 449 g/mol. The second kappa shape index (κ2) is 11.4. The molecule has 0 spiro atoms. The average Bonchev–Trinajstić information content (AvgIpc) is 2.77. The summed E-state index contributed by atoms with van der Waals surface area (Å²) in [6.45, 7) is 5.64. The van der Waals surface area contributed by atoms with Gasteiger partial charge in [0.2, 0.25) is 11.8 Å². The molecule has 176 valence electrons. The molecule has 2 unspecified atom stereocenters. The number of esters is 1. The zero-order valence-electron chi connectivity index (χ0n) is 19.2. The second-order valence-electron chi connectivity index (χ2n) is 7.91. The van der Waals surface area contributed by atoms with Crippen LogP contribution in [0, 0.1) is 0 Å². The monoisotopic (exact) mass is 448 g/mol. The first-order valence-corrected chi connectivity index (χ1v) is 10.5. The lowest BCUT2D eigenvalue weighted by Crippen LogP contribution is -2.64. The fraction of sp³-hybridized carbons (Fsp3) is 0.545. The minimum Gasteiger partial charge on any atom is -0.497 e. The summed E-state index contributed by atoms with van der Waals surface area (Å²) in [6.07, 6.45) is 0.198. The predicted octanol–water partition coefficient (Wildman–Crippen LogP) is 0.546. The number of carbonyl (C=O) groups is 4. The standard InChI is InChI=1S/C22H32N4O6/c1-14(2)23-22(30)26-11-10-25(15(3)27)13-19(26)20(28)24-18(21(29)32-5)12-16-6-8-17(31-4)9-7-16/h6-9,14,18-19H,10-13H2,1-5H3,(H,23,30)(H,24,28). The fourth-order valence-corrected chi connectivity index (χ4v) is 3.47. The molecule has 1 aliphatic heterocycles. The normalized spacial score (nSPS) is 16.9. The topological polar surface area (TPSA) is 117 Å². The number of nitrogens with one attached hydrogen (secondary N) is 2. The molecule has 0 aliphatic carbocycles. The summed E-state index contributed by atoms with van der Waals surface area (Å²) in [6, 6.07) is 4.70. The first-order chi connectivity index (χ1) is 15.2. The van der Waals surface area contributed by atoms with Gasteiger partial charge in [-0.3, -0.25) is 9.59 Å². The number of ether oxygens (including phenoxy) is 2. The number of urea groups is 1. The summed E-state index contributed by atoms with van der Waals surface area (Å²) in [4.78, 5) is 53.0. The molecule has 2 atom stereocenters. The van der Waals surface area contributed by atoms with Gasteiger partial charge in [-0.05, 0) is 31.5 Å². The van der Waals surface area contributed by atoms with Crippen LogP contribution in [0.1, 0.15) is 26.3 Å². The number of nitrogens with zero attached hydrogens (tertiary/aromatic N) is 2. The summed E-state index contributed by atoms with van der Waals surface area (Å²) < 4.78 is 10.0. The molecule has 0 bridgehead atoms. The van der Waals surface area contributed by atoms with Gasteiger partial charge in [-0.2, -0.15) is 0 Å². The number of carbonyl (C=O) groups excluding carboxylic acids is 4. The highest BCUT2D eigenvalue weighted by molar-refractivity contribution is 5.91. The number of hydrogen-bond acceptors (Lipinski definition) is 6. The lowest BCUT2D eigenvalue weighted by Gasteiger charge is -2.40. The van der Waals surface area contributed by atoms with Crippen LogP contribution in [0.4, 0.5) is 4.79 Å².